The Balaban J connectivity index is 2.04. The molecular weight excluding hydrogens is 224 g/mol. The van der Waals surface area contributed by atoms with Gasteiger partial charge < -0.3 is 5.11 Å². The molecule has 0 spiro atoms. The average molecular weight is 244 g/mol. The van der Waals surface area contributed by atoms with Crippen molar-refractivity contribution < 1.29 is 5.11 Å². The van der Waals surface area contributed by atoms with Gasteiger partial charge in [0, 0.05) is 19.1 Å². The molecule has 96 valence electrons. The molecule has 1 fully saturated rings. The fourth-order valence-electron chi connectivity index (χ4n) is 2.77. The number of benzene rings is 1. The number of nitriles is 1. The van der Waals surface area contributed by atoms with Gasteiger partial charge in [0.1, 0.15) is 0 Å². The summed E-state index contributed by atoms with van der Waals surface area (Å²) < 4.78 is 0. The highest BCUT2D eigenvalue weighted by Gasteiger charge is 2.43. The molecule has 1 aromatic carbocycles. The Bertz CT molecular complexity index is 418. The van der Waals surface area contributed by atoms with Crippen LogP contribution in [0.1, 0.15) is 37.8 Å². The van der Waals surface area contributed by atoms with Crippen molar-refractivity contribution in [2.75, 3.05) is 13.1 Å². The van der Waals surface area contributed by atoms with Gasteiger partial charge in [-0.05, 0) is 12.0 Å². The Morgan fingerprint density at radius 2 is 2.06 bits per heavy atom. The van der Waals surface area contributed by atoms with E-state index in [1.165, 1.54) is 0 Å². The molecule has 0 radical (unpaired) electrons. The van der Waals surface area contributed by atoms with E-state index in [1.807, 2.05) is 18.2 Å². The second kappa shape index (κ2) is 5.51. The van der Waals surface area contributed by atoms with Crippen molar-refractivity contribution in [3.63, 3.8) is 0 Å². The predicted octanol–water partition coefficient (Wildman–Crippen LogP) is 2.49. The van der Waals surface area contributed by atoms with Crippen molar-refractivity contribution in [3.8, 4) is 6.07 Å². The summed E-state index contributed by atoms with van der Waals surface area (Å²) in [5.74, 6) is 0. The largest absolute Gasteiger partial charge is 0.387 e. The van der Waals surface area contributed by atoms with E-state index < -0.39 is 5.60 Å². The molecule has 0 aliphatic carbocycles. The first kappa shape index (κ1) is 13.1. The Kier molecular flexibility index (Phi) is 4.00. The van der Waals surface area contributed by atoms with Gasteiger partial charge in [-0.15, -0.1) is 0 Å². The summed E-state index contributed by atoms with van der Waals surface area (Å²) in [7, 11) is 0. The van der Waals surface area contributed by atoms with Crippen LogP contribution in [0.25, 0.3) is 0 Å². The third-order valence-corrected chi connectivity index (χ3v) is 3.62. The second-order valence-electron chi connectivity index (χ2n) is 5.17. The minimum absolute atomic E-state index is 0.119. The number of β-amino-alcohol motifs (C(OH)–C–C–N with tert-alkyl or cyclic N) is 1. The molecular formula is C15H20N2O. The Labute approximate surface area is 109 Å². The topological polar surface area (TPSA) is 47.3 Å². The Hall–Kier alpha value is -1.37. The van der Waals surface area contributed by atoms with Crippen LogP contribution >= 0.6 is 0 Å². The van der Waals surface area contributed by atoms with E-state index in [1.54, 1.807) is 0 Å². The van der Waals surface area contributed by atoms with E-state index >= 15 is 0 Å². The van der Waals surface area contributed by atoms with E-state index in [-0.39, 0.29) is 6.04 Å². The standard InChI is InChI=1S/C15H20N2O/c1-2-9-15(18)11-17(12-15)14(8-10-16)13-6-4-3-5-7-13/h3-7,14,18H,2,8-9,11-12H2,1H3. The van der Waals surface area contributed by atoms with Gasteiger partial charge in [0.25, 0.3) is 0 Å². The first-order chi connectivity index (χ1) is 8.68. The highest BCUT2D eigenvalue weighted by Crippen LogP contribution is 2.35. The lowest BCUT2D eigenvalue weighted by Gasteiger charge is -2.50. The van der Waals surface area contributed by atoms with Crippen molar-refractivity contribution in [2.45, 2.75) is 37.8 Å². The number of aliphatic hydroxyl groups is 1. The van der Waals surface area contributed by atoms with Crippen LogP contribution in [0.2, 0.25) is 0 Å². The molecule has 0 amide bonds. The number of hydrogen-bond donors (Lipinski definition) is 1. The van der Waals surface area contributed by atoms with Crippen molar-refractivity contribution in [3.05, 3.63) is 35.9 Å². The summed E-state index contributed by atoms with van der Waals surface area (Å²) >= 11 is 0. The molecule has 1 aromatic rings. The van der Waals surface area contributed by atoms with Gasteiger partial charge in [-0.25, -0.2) is 0 Å². The first-order valence-corrected chi connectivity index (χ1v) is 6.57. The van der Waals surface area contributed by atoms with Gasteiger partial charge >= 0.3 is 0 Å². The fraction of sp³-hybridized carbons (Fsp3) is 0.533. The average Bonchev–Trinajstić information content (AvgIpc) is 2.34. The number of nitrogens with zero attached hydrogens (tertiary/aromatic N) is 2. The zero-order valence-corrected chi connectivity index (χ0v) is 10.8. The zero-order valence-electron chi connectivity index (χ0n) is 10.8. The molecule has 0 aromatic heterocycles. The van der Waals surface area contributed by atoms with Crippen LogP contribution in [-0.2, 0) is 0 Å². The molecule has 1 aliphatic heterocycles. The third kappa shape index (κ3) is 2.72. The molecule has 3 nitrogen and oxygen atoms in total. The molecule has 1 aliphatic rings. The van der Waals surface area contributed by atoms with Crippen LogP contribution in [0.5, 0.6) is 0 Å². The molecule has 1 N–H and O–H groups in total. The maximum atomic E-state index is 10.2. The lowest BCUT2D eigenvalue weighted by Crippen LogP contribution is -2.62. The number of likely N-dealkylation sites (tertiary alicyclic amines) is 1. The lowest BCUT2D eigenvalue weighted by molar-refractivity contribution is -0.120. The quantitative estimate of drug-likeness (QED) is 0.865. The van der Waals surface area contributed by atoms with Crippen molar-refractivity contribution in [2.24, 2.45) is 0 Å². The van der Waals surface area contributed by atoms with Crippen LogP contribution in [0, 0.1) is 11.3 Å². The summed E-state index contributed by atoms with van der Waals surface area (Å²) in [4.78, 5) is 2.20. The van der Waals surface area contributed by atoms with Crippen LogP contribution in [-0.4, -0.2) is 28.7 Å². The molecule has 18 heavy (non-hydrogen) atoms. The zero-order chi connectivity index (χ0) is 13.0. The van der Waals surface area contributed by atoms with Crippen LogP contribution in [0.15, 0.2) is 30.3 Å². The molecule has 3 heteroatoms. The van der Waals surface area contributed by atoms with Gasteiger partial charge in [-0.2, -0.15) is 5.26 Å². The Morgan fingerprint density at radius 1 is 1.39 bits per heavy atom. The van der Waals surface area contributed by atoms with E-state index in [2.05, 4.69) is 30.0 Å². The molecule has 1 saturated heterocycles. The van der Waals surface area contributed by atoms with Crippen molar-refractivity contribution in [1.29, 1.82) is 5.26 Å². The summed E-state index contributed by atoms with van der Waals surface area (Å²) in [5, 5.41) is 19.2. The maximum absolute atomic E-state index is 10.2. The summed E-state index contributed by atoms with van der Waals surface area (Å²) in [6, 6.07) is 12.5. The third-order valence-electron chi connectivity index (χ3n) is 3.62. The molecule has 1 atom stereocenters. The highest BCUT2D eigenvalue weighted by atomic mass is 16.3. The molecule has 2 rings (SSSR count). The smallest absolute Gasteiger partial charge is 0.0900 e. The van der Waals surface area contributed by atoms with E-state index in [4.69, 9.17) is 5.26 Å². The van der Waals surface area contributed by atoms with Crippen molar-refractivity contribution >= 4 is 0 Å². The van der Waals surface area contributed by atoms with Gasteiger partial charge in [0.2, 0.25) is 0 Å². The first-order valence-electron chi connectivity index (χ1n) is 6.57. The number of rotatable bonds is 5. The monoisotopic (exact) mass is 244 g/mol. The molecule has 1 unspecified atom stereocenters. The second-order valence-corrected chi connectivity index (χ2v) is 5.17. The number of hydrogen-bond acceptors (Lipinski definition) is 3. The Morgan fingerprint density at radius 3 is 2.61 bits per heavy atom. The van der Waals surface area contributed by atoms with E-state index in [0.717, 1.165) is 18.4 Å². The van der Waals surface area contributed by atoms with Gasteiger partial charge in [-0.3, -0.25) is 4.90 Å². The summed E-state index contributed by atoms with van der Waals surface area (Å²) in [5.41, 5.74) is 0.634. The van der Waals surface area contributed by atoms with E-state index in [9.17, 15) is 5.11 Å². The molecule has 1 heterocycles. The minimum Gasteiger partial charge on any atom is -0.387 e. The minimum atomic E-state index is -0.531. The van der Waals surface area contributed by atoms with Crippen LogP contribution < -0.4 is 0 Å². The van der Waals surface area contributed by atoms with Crippen LogP contribution in [0.3, 0.4) is 0 Å². The molecule has 0 saturated carbocycles. The summed E-state index contributed by atoms with van der Waals surface area (Å²) in [6.07, 6.45) is 2.32. The summed E-state index contributed by atoms with van der Waals surface area (Å²) in [6.45, 7) is 3.45. The predicted molar refractivity (Wildman–Crippen MR) is 70.8 cm³/mol. The highest BCUT2D eigenvalue weighted by molar-refractivity contribution is 5.21. The molecule has 0 bridgehead atoms. The maximum Gasteiger partial charge on any atom is 0.0900 e. The SMILES string of the molecule is CCCC1(O)CN(C(CC#N)c2ccccc2)C1. The van der Waals surface area contributed by atoms with Gasteiger partial charge in [0.05, 0.1) is 18.1 Å². The van der Waals surface area contributed by atoms with Gasteiger partial charge in [-0.1, -0.05) is 43.7 Å². The normalized spacial score (nSPS) is 19.8. The van der Waals surface area contributed by atoms with Crippen LogP contribution in [0.4, 0.5) is 0 Å². The fourth-order valence-corrected chi connectivity index (χ4v) is 2.77. The lowest BCUT2D eigenvalue weighted by atomic mass is 9.86. The van der Waals surface area contributed by atoms with Crippen molar-refractivity contribution in [1.82, 2.24) is 4.90 Å². The van der Waals surface area contributed by atoms with E-state index in [0.29, 0.717) is 19.5 Å². The van der Waals surface area contributed by atoms with Gasteiger partial charge in [0.15, 0.2) is 0 Å².